The van der Waals surface area contributed by atoms with Gasteiger partial charge in [-0.3, -0.25) is 9.48 Å². The fourth-order valence-corrected chi connectivity index (χ4v) is 3.95. The number of pyridine rings is 1. The quantitative estimate of drug-likeness (QED) is 0.488. The van der Waals surface area contributed by atoms with Gasteiger partial charge in [0, 0.05) is 55.7 Å². The summed E-state index contributed by atoms with van der Waals surface area (Å²) in [6.45, 7) is 4.37. The summed E-state index contributed by atoms with van der Waals surface area (Å²) in [5, 5.41) is 4.77. The number of piperazine rings is 1. The van der Waals surface area contributed by atoms with E-state index >= 15 is 0 Å². The molecule has 8 nitrogen and oxygen atoms in total. The number of oxazole rings is 1. The molecule has 1 saturated heterocycles. The Hall–Kier alpha value is -3.39. The lowest BCUT2D eigenvalue weighted by atomic mass is 10.1. The monoisotopic (exact) mass is 436 g/mol. The lowest BCUT2D eigenvalue weighted by molar-refractivity contribution is 0.0745. The number of aryl methyl sites for hydroxylation is 2. The van der Waals surface area contributed by atoms with Gasteiger partial charge in [-0.2, -0.15) is 10.1 Å². The number of carbonyl (C=O) groups is 1. The topological polar surface area (TPSA) is 80.3 Å². The zero-order valence-corrected chi connectivity index (χ0v) is 18.0. The van der Waals surface area contributed by atoms with E-state index < -0.39 is 0 Å². The molecule has 5 rings (SSSR count). The van der Waals surface area contributed by atoms with Gasteiger partial charge in [0.15, 0.2) is 0 Å². The van der Waals surface area contributed by atoms with Crippen molar-refractivity contribution in [3.05, 3.63) is 59.0 Å². The summed E-state index contributed by atoms with van der Waals surface area (Å²) >= 11 is 6.04. The molecule has 4 heterocycles. The largest absolute Gasteiger partial charge is 0.404 e. The second-order valence-electron chi connectivity index (χ2n) is 7.65. The van der Waals surface area contributed by atoms with Crippen molar-refractivity contribution in [1.29, 1.82) is 0 Å². The van der Waals surface area contributed by atoms with Crippen LogP contribution in [0.3, 0.4) is 0 Å². The average molecular weight is 437 g/mol. The van der Waals surface area contributed by atoms with Crippen LogP contribution in [0.1, 0.15) is 16.1 Å². The van der Waals surface area contributed by atoms with Crippen LogP contribution in [0.5, 0.6) is 0 Å². The Morgan fingerprint density at radius 1 is 1.10 bits per heavy atom. The number of amides is 1. The maximum atomic E-state index is 12.7. The van der Waals surface area contributed by atoms with Crippen molar-refractivity contribution in [2.45, 2.75) is 6.92 Å². The van der Waals surface area contributed by atoms with Gasteiger partial charge in [-0.1, -0.05) is 23.7 Å². The third-order valence-corrected chi connectivity index (χ3v) is 5.68. The number of rotatable bonds is 3. The van der Waals surface area contributed by atoms with Gasteiger partial charge in [0.2, 0.25) is 5.71 Å². The van der Waals surface area contributed by atoms with Crippen LogP contribution in [-0.2, 0) is 7.05 Å². The molecule has 1 aliphatic rings. The second kappa shape index (κ2) is 7.70. The van der Waals surface area contributed by atoms with E-state index in [2.05, 4.69) is 15.0 Å². The summed E-state index contributed by atoms with van der Waals surface area (Å²) in [4.78, 5) is 25.8. The Bertz CT molecular complexity index is 1250. The predicted octanol–water partition coefficient (Wildman–Crippen LogP) is 3.55. The van der Waals surface area contributed by atoms with Gasteiger partial charge in [0.05, 0.1) is 11.8 Å². The fraction of sp³-hybridized carbons (Fsp3) is 0.273. The zero-order chi connectivity index (χ0) is 21.5. The standard InChI is InChI=1S/C22H21ClN6O2/c1-14-11-18(15-3-5-17(23)6-4-15)19-20(25-14)31-22(26-19)29-9-7-28(8-10-29)21(30)16-12-24-27(2)13-16/h3-6,11-13H,7-10H2,1-2H3. The Labute approximate surface area is 184 Å². The molecule has 1 aliphatic heterocycles. The highest BCUT2D eigenvalue weighted by molar-refractivity contribution is 6.30. The molecule has 4 aromatic rings. The number of hydrogen-bond acceptors (Lipinski definition) is 6. The van der Waals surface area contributed by atoms with E-state index in [9.17, 15) is 4.79 Å². The molecule has 0 bridgehead atoms. The SMILES string of the molecule is Cc1cc(-c2ccc(Cl)cc2)c2nc(N3CCN(C(=O)c4cnn(C)c4)CC3)oc2n1. The molecule has 0 unspecified atom stereocenters. The van der Waals surface area contributed by atoms with Gasteiger partial charge in [0.25, 0.3) is 11.9 Å². The predicted molar refractivity (Wildman–Crippen MR) is 118 cm³/mol. The fourth-order valence-electron chi connectivity index (χ4n) is 3.82. The van der Waals surface area contributed by atoms with Crippen LogP contribution < -0.4 is 4.90 Å². The summed E-state index contributed by atoms with van der Waals surface area (Å²) < 4.78 is 7.65. The number of hydrogen-bond donors (Lipinski definition) is 0. The number of halogens is 1. The molecular weight excluding hydrogens is 416 g/mol. The molecule has 0 radical (unpaired) electrons. The molecule has 0 aliphatic carbocycles. The van der Waals surface area contributed by atoms with Crippen LogP contribution in [0.15, 0.2) is 47.1 Å². The first-order chi connectivity index (χ1) is 15.0. The summed E-state index contributed by atoms with van der Waals surface area (Å²) in [5.41, 5.74) is 4.65. The van der Waals surface area contributed by atoms with E-state index in [1.54, 1.807) is 24.1 Å². The summed E-state index contributed by atoms with van der Waals surface area (Å²) in [7, 11) is 1.80. The Morgan fingerprint density at radius 2 is 1.84 bits per heavy atom. The highest BCUT2D eigenvalue weighted by Crippen LogP contribution is 2.32. The highest BCUT2D eigenvalue weighted by atomic mass is 35.5. The van der Waals surface area contributed by atoms with Gasteiger partial charge in [-0.15, -0.1) is 0 Å². The van der Waals surface area contributed by atoms with Gasteiger partial charge in [0.1, 0.15) is 5.52 Å². The first kappa shape index (κ1) is 19.6. The number of fused-ring (bicyclic) bond motifs is 1. The maximum Gasteiger partial charge on any atom is 0.299 e. The first-order valence-electron chi connectivity index (χ1n) is 10.0. The van der Waals surface area contributed by atoms with Crippen molar-refractivity contribution in [3.63, 3.8) is 0 Å². The van der Waals surface area contributed by atoms with E-state index in [4.69, 9.17) is 21.0 Å². The number of anilines is 1. The van der Waals surface area contributed by atoms with Crippen LogP contribution in [0, 0.1) is 6.92 Å². The molecule has 158 valence electrons. The minimum Gasteiger partial charge on any atom is -0.404 e. The highest BCUT2D eigenvalue weighted by Gasteiger charge is 2.26. The van der Waals surface area contributed by atoms with E-state index in [0.717, 1.165) is 22.3 Å². The van der Waals surface area contributed by atoms with Crippen molar-refractivity contribution < 1.29 is 9.21 Å². The molecular formula is C22H21ClN6O2. The van der Waals surface area contributed by atoms with Crippen molar-refractivity contribution >= 4 is 34.8 Å². The Balaban J connectivity index is 1.38. The average Bonchev–Trinajstić information content (AvgIpc) is 3.39. The van der Waals surface area contributed by atoms with Gasteiger partial charge < -0.3 is 14.2 Å². The van der Waals surface area contributed by atoms with E-state index in [1.807, 2.05) is 42.2 Å². The van der Waals surface area contributed by atoms with Crippen molar-refractivity contribution in [3.8, 4) is 11.1 Å². The summed E-state index contributed by atoms with van der Waals surface area (Å²) in [6.07, 6.45) is 3.34. The molecule has 0 atom stereocenters. The molecule has 1 fully saturated rings. The molecule has 9 heteroatoms. The molecule has 0 N–H and O–H groups in total. The lowest BCUT2D eigenvalue weighted by Crippen LogP contribution is -2.48. The molecule has 0 saturated carbocycles. The van der Waals surface area contributed by atoms with Crippen molar-refractivity contribution in [2.24, 2.45) is 7.05 Å². The number of aromatic nitrogens is 4. The van der Waals surface area contributed by atoms with Gasteiger partial charge in [-0.25, -0.2) is 4.98 Å². The number of benzene rings is 1. The maximum absolute atomic E-state index is 12.7. The molecule has 3 aromatic heterocycles. The number of carbonyl (C=O) groups excluding carboxylic acids is 1. The van der Waals surface area contributed by atoms with Gasteiger partial charge >= 0.3 is 0 Å². The van der Waals surface area contributed by atoms with E-state index in [-0.39, 0.29) is 5.91 Å². The molecule has 1 aromatic carbocycles. The van der Waals surface area contributed by atoms with Crippen molar-refractivity contribution in [2.75, 3.05) is 31.1 Å². The first-order valence-corrected chi connectivity index (χ1v) is 10.4. The summed E-state index contributed by atoms with van der Waals surface area (Å²) in [6, 6.07) is 10.2. The van der Waals surface area contributed by atoms with Crippen LogP contribution >= 0.6 is 11.6 Å². The lowest BCUT2D eigenvalue weighted by Gasteiger charge is -2.33. The smallest absolute Gasteiger partial charge is 0.299 e. The third-order valence-electron chi connectivity index (χ3n) is 5.43. The van der Waals surface area contributed by atoms with Crippen LogP contribution in [-0.4, -0.2) is 56.7 Å². The zero-order valence-electron chi connectivity index (χ0n) is 17.2. The van der Waals surface area contributed by atoms with Crippen LogP contribution in [0.4, 0.5) is 6.01 Å². The molecule has 31 heavy (non-hydrogen) atoms. The Morgan fingerprint density at radius 3 is 2.52 bits per heavy atom. The van der Waals surface area contributed by atoms with E-state index in [0.29, 0.717) is 48.5 Å². The molecule has 0 spiro atoms. The van der Waals surface area contributed by atoms with Crippen LogP contribution in [0.25, 0.3) is 22.4 Å². The molecule has 1 amide bonds. The Kier molecular flexibility index (Phi) is 4.86. The van der Waals surface area contributed by atoms with Gasteiger partial charge in [-0.05, 0) is 30.7 Å². The second-order valence-corrected chi connectivity index (χ2v) is 8.09. The van der Waals surface area contributed by atoms with E-state index in [1.165, 1.54) is 0 Å². The number of nitrogens with zero attached hydrogens (tertiary/aromatic N) is 6. The minimum absolute atomic E-state index is 0.00682. The minimum atomic E-state index is -0.00682. The van der Waals surface area contributed by atoms with Crippen molar-refractivity contribution in [1.82, 2.24) is 24.6 Å². The normalized spacial score (nSPS) is 14.4. The summed E-state index contributed by atoms with van der Waals surface area (Å²) in [5.74, 6) is -0.00682. The third kappa shape index (κ3) is 3.74. The van der Waals surface area contributed by atoms with Crippen LogP contribution in [0.2, 0.25) is 5.02 Å².